The van der Waals surface area contributed by atoms with Gasteiger partial charge < -0.3 is 20.3 Å². The molecule has 106 valence electrons. The summed E-state index contributed by atoms with van der Waals surface area (Å²) in [7, 11) is 0. The van der Waals surface area contributed by atoms with Crippen LogP contribution < -0.4 is 10.1 Å². The molecule has 1 heterocycles. The molecule has 3 N–H and O–H groups in total. The Kier molecular flexibility index (Phi) is 4.84. The standard InChI is InChI=1S/C14H20BrNO3/c1-2-14(8-17,9-18)16-7-12-6-10-5-11(15)3-4-13(10)19-12/h3-5,12,16-18H,2,6-9H2,1H3. The highest BCUT2D eigenvalue weighted by molar-refractivity contribution is 9.10. The molecule has 5 heteroatoms. The van der Waals surface area contributed by atoms with Gasteiger partial charge in [-0.3, -0.25) is 0 Å². The van der Waals surface area contributed by atoms with Crippen LogP contribution in [0.1, 0.15) is 18.9 Å². The van der Waals surface area contributed by atoms with Gasteiger partial charge in [-0.05, 0) is 30.2 Å². The van der Waals surface area contributed by atoms with Gasteiger partial charge in [-0.2, -0.15) is 0 Å². The quantitative estimate of drug-likeness (QED) is 0.739. The van der Waals surface area contributed by atoms with Gasteiger partial charge in [0.05, 0.1) is 18.8 Å². The van der Waals surface area contributed by atoms with E-state index in [-0.39, 0.29) is 19.3 Å². The van der Waals surface area contributed by atoms with Crippen molar-refractivity contribution >= 4 is 15.9 Å². The zero-order valence-electron chi connectivity index (χ0n) is 11.0. The summed E-state index contributed by atoms with van der Waals surface area (Å²) in [6.45, 7) is 2.40. The monoisotopic (exact) mass is 329 g/mol. The highest BCUT2D eigenvalue weighted by Gasteiger charge is 2.29. The Morgan fingerprint density at radius 3 is 2.79 bits per heavy atom. The molecule has 1 aromatic rings. The average Bonchev–Trinajstić information content (AvgIpc) is 2.83. The third-order valence-corrected chi connectivity index (χ3v) is 4.24. The molecule has 1 aromatic carbocycles. The number of fused-ring (bicyclic) bond motifs is 1. The molecule has 0 fully saturated rings. The maximum Gasteiger partial charge on any atom is 0.123 e. The summed E-state index contributed by atoms with van der Waals surface area (Å²) in [5, 5.41) is 22.0. The molecule has 1 aliphatic heterocycles. The maximum atomic E-state index is 9.39. The Balaban J connectivity index is 1.93. The first-order valence-corrected chi connectivity index (χ1v) is 7.33. The van der Waals surface area contributed by atoms with Crippen molar-refractivity contribution in [1.29, 1.82) is 0 Å². The van der Waals surface area contributed by atoms with Gasteiger partial charge in [0, 0.05) is 17.4 Å². The zero-order valence-corrected chi connectivity index (χ0v) is 12.6. The number of aliphatic hydroxyl groups is 2. The Hall–Kier alpha value is -0.620. The van der Waals surface area contributed by atoms with E-state index in [1.807, 2.05) is 19.1 Å². The number of hydrogen-bond donors (Lipinski definition) is 3. The number of aliphatic hydroxyl groups excluding tert-OH is 2. The van der Waals surface area contributed by atoms with Crippen molar-refractivity contribution in [3.05, 3.63) is 28.2 Å². The lowest BCUT2D eigenvalue weighted by atomic mass is 9.98. The molecule has 0 amide bonds. The minimum atomic E-state index is -0.612. The van der Waals surface area contributed by atoms with E-state index in [2.05, 4.69) is 27.3 Å². The fourth-order valence-corrected chi connectivity index (χ4v) is 2.65. The minimum absolute atomic E-state index is 0.0494. The van der Waals surface area contributed by atoms with E-state index >= 15 is 0 Å². The van der Waals surface area contributed by atoms with E-state index in [0.717, 1.165) is 16.6 Å². The highest BCUT2D eigenvalue weighted by atomic mass is 79.9. The molecule has 1 unspecified atom stereocenters. The van der Waals surface area contributed by atoms with Crippen LogP contribution in [0.3, 0.4) is 0 Å². The van der Waals surface area contributed by atoms with Gasteiger partial charge in [0.25, 0.3) is 0 Å². The van der Waals surface area contributed by atoms with Crippen LogP contribution in [-0.2, 0) is 6.42 Å². The van der Waals surface area contributed by atoms with E-state index in [1.54, 1.807) is 0 Å². The number of hydrogen-bond acceptors (Lipinski definition) is 4. The predicted molar refractivity (Wildman–Crippen MR) is 77.5 cm³/mol. The van der Waals surface area contributed by atoms with E-state index < -0.39 is 5.54 Å². The first-order valence-electron chi connectivity index (χ1n) is 6.54. The van der Waals surface area contributed by atoms with Gasteiger partial charge >= 0.3 is 0 Å². The number of nitrogens with one attached hydrogen (secondary N) is 1. The number of rotatable bonds is 6. The van der Waals surface area contributed by atoms with Crippen LogP contribution in [0.5, 0.6) is 5.75 Å². The van der Waals surface area contributed by atoms with Crippen LogP contribution >= 0.6 is 15.9 Å². The van der Waals surface area contributed by atoms with E-state index in [0.29, 0.717) is 13.0 Å². The largest absolute Gasteiger partial charge is 0.488 e. The van der Waals surface area contributed by atoms with Crippen LogP contribution in [0.2, 0.25) is 0 Å². The first-order chi connectivity index (χ1) is 9.12. The smallest absolute Gasteiger partial charge is 0.123 e. The second kappa shape index (κ2) is 6.22. The van der Waals surface area contributed by atoms with Crippen molar-refractivity contribution in [3.63, 3.8) is 0 Å². The van der Waals surface area contributed by atoms with Crippen LogP contribution in [-0.4, -0.2) is 41.6 Å². The molecule has 0 aliphatic carbocycles. The van der Waals surface area contributed by atoms with Crippen molar-refractivity contribution < 1.29 is 14.9 Å². The van der Waals surface area contributed by atoms with Crippen molar-refractivity contribution in [2.24, 2.45) is 0 Å². The summed E-state index contributed by atoms with van der Waals surface area (Å²) in [5.74, 6) is 0.921. The van der Waals surface area contributed by atoms with Crippen molar-refractivity contribution in [2.45, 2.75) is 31.4 Å². The maximum absolute atomic E-state index is 9.39. The van der Waals surface area contributed by atoms with Gasteiger partial charge in [-0.15, -0.1) is 0 Å². The lowest BCUT2D eigenvalue weighted by Gasteiger charge is -2.31. The molecular formula is C14H20BrNO3. The molecule has 2 rings (SSSR count). The van der Waals surface area contributed by atoms with Crippen molar-refractivity contribution in [1.82, 2.24) is 5.32 Å². The molecule has 0 radical (unpaired) electrons. The normalized spacial score (nSPS) is 18.2. The molecular weight excluding hydrogens is 310 g/mol. The number of ether oxygens (including phenoxy) is 1. The van der Waals surface area contributed by atoms with E-state index in [9.17, 15) is 10.2 Å². The molecule has 1 aliphatic rings. The number of benzene rings is 1. The molecule has 0 saturated carbocycles. The summed E-state index contributed by atoms with van der Waals surface area (Å²) < 4.78 is 6.90. The first kappa shape index (κ1) is 14.8. The van der Waals surface area contributed by atoms with Crippen molar-refractivity contribution in [2.75, 3.05) is 19.8 Å². The fourth-order valence-electron chi connectivity index (χ4n) is 2.24. The predicted octanol–water partition coefficient (Wildman–Crippen LogP) is 1.48. The fraction of sp³-hybridized carbons (Fsp3) is 0.571. The van der Waals surface area contributed by atoms with Gasteiger partial charge in [0.15, 0.2) is 0 Å². The van der Waals surface area contributed by atoms with Crippen LogP contribution in [0.15, 0.2) is 22.7 Å². The number of halogens is 1. The van der Waals surface area contributed by atoms with Gasteiger partial charge in [-0.25, -0.2) is 0 Å². The summed E-state index contributed by atoms with van der Waals surface area (Å²) >= 11 is 3.45. The van der Waals surface area contributed by atoms with Gasteiger partial charge in [-0.1, -0.05) is 22.9 Å². The SMILES string of the molecule is CCC(CO)(CO)NCC1Cc2cc(Br)ccc2O1. The Morgan fingerprint density at radius 2 is 2.16 bits per heavy atom. The molecule has 0 aromatic heterocycles. The lowest BCUT2D eigenvalue weighted by molar-refractivity contribution is 0.0776. The second-order valence-electron chi connectivity index (χ2n) is 5.03. The highest BCUT2D eigenvalue weighted by Crippen LogP contribution is 2.31. The molecule has 0 bridgehead atoms. The summed E-state index contributed by atoms with van der Waals surface area (Å²) in [6, 6.07) is 6.00. The van der Waals surface area contributed by atoms with Gasteiger partial charge in [0.2, 0.25) is 0 Å². The van der Waals surface area contributed by atoms with E-state index in [4.69, 9.17) is 4.74 Å². The lowest BCUT2D eigenvalue weighted by Crippen LogP contribution is -2.53. The van der Waals surface area contributed by atoms with Crippen LogP contribution in [0.25, 0.3) is 0 Å². The minimum Gasteiger partial charge on any atom is -0.488 e. The summed E-state index contributed by atoms with van der Waals surface area (Å²) in [4.78, 5) is 0. The summed E-state index contributed by atoms with van der Waals surface area (Å²) in [6.07, 6.45) is 1.57. The topological polar surface area (TPSA) is 61.7 Å². The zero-order chi connectivity index (χ0) is 13.9. The Bertz CT molecular complexity index is 426. The Labute approximate surface area is 121 Å². The van der Waals surface area contributed by atoms with Gasteiger partial charge in [0.1, 0.15) is 11.9 Å². The molecule has 1 atom stereocenters. The second-order valence-corrected chi connectivity index (χ2v) is 5.94. The average molecular weight is 330 g/mol. The van der Waals surface area contributed by atoms with Crippen molar-refractivity contribution in [3.8, 4) is 5.75 Å². The summed E-state index contributed by atoms with van der Waals surface area (Å²) in [5.41, 5.74) is 0.579. The Morgan fingerprint density at radius 1 is 1.42 bits per heavy atom. The van der Waals surface area contributed by atoms with Crippen LogP contribution in [0.4, 0.5) is 0 Å². The third-order valence-electron chi connectivity index (χ3n) is 3.75. The molecule has 4 nitrogen and oxygen atoms in total. The molecule has 0 spiro atoms. The third kappa shape index (κ3) is 3.28. The molecule has 19 heavy (non-hydrogen) atoms. The molecule has 0 saturated heterocycles. The van der Waals surface area contributed by atoms with Crippen LogP contribution in [0, 0.1) is 0 Å². The van der Waals surface area contributed by atoms with E-state index in [1.165, 1.54) is 5.56 Å².